The van der Waals surface area contributed by atoms with Crippen molar-refractivity contribution in [3.05, 3.63) is 18.0 Å². The Morgan fingerprint density at radius 3 is 2.55 bits per heavy atom. The number of nitrogens with one attached hydrogen (secondary N) is 1. The van der Waals surface area contributed by atoms with Crippen LogP contribution in [0.15, 0.2) is 12.4 Å². The lowest BCUT2D eigenvalue weighted by Crippen LogP contribution is -2.23. The molecule has 1 heterocycles. The quantitative estimate of drug-likeness (QED) is 0.864. The highest BCUT2D eigenvalue weighted by atomic mass is 32.2. The monoisotopic (exact) mass is 299 g/mol. The van der Waals surface area contributed by atoms with E-state index in [1.54, 1.807) is 14.1 Å². The maximum atomic E-state index is 12.1. The van der Waals surface area contributed by atoms with Gasteiger partial charge >= 0.3 is 0 Å². The first-order chi connectivity index (χ1) is 9.28. The molecule has 7 nitrogen and oxygen atoms in total. The molecule has 0 bridgehead atoms. The molecule has 0 saturated heterocycles. The molecule has 20 heavy (non-hydrogen) atoms. The number of ether oxygens (including phenoxy) is 1. The Bertz CT molecular complexity index is 624. The lowest BCUT2D eigenvalue weighted by molar-refractivity contribution is 0.0822. The number of carbonyl (C=O) groups is 1. The predicted molar refractivity (Wildman–Crippen MR) is 74.4 cm³/mol. The number of carbonyl (C=O) groups excluding carboxylic acids is 1. The van der Waals surface area contributed by atoms with Crippen LogP contribution in [0.25, 0.3) is 0 Å². The van der Waals surface area contributed by atoms with E-state index in [4.69, 9.17) is 4.74 Å². The Hall–Kier alpha value is -1.83. The lowest BCUT2D eigenvalue weighted by atomic mass is 10.2. The van der Waals surface area contributed by atoms with E-state index in [1.165, 1.54) is 17.3 Å². The van der Waals surface area contributed by atoms with E-state index < -0.39 is 10.0 Å². The van der Waals surface area contributed by atoms with Crippen molar-refractivity contribution >= 4 is 21.6 Å². The third-order valence-electron chi connectivity index (χ3n) is 2.64. The van der Waals surface area contributed by atoms with E-state index >= 15 is 0 Å². The molecule has 1 N–H and O–H groups in total. The van der Waals surface area contributed by atoms with Crippen LogP contribution in [0.5, 0.6) is 5.75 Å². The molecule has 8 heteroatoms. The summed E-state index contributed by atoms with van der Waals surface area (Å²) in [4.78, 5) is 17.4. The molecule has 0 atom stereocenters. The number of aromatic nitrogens is 1. The van der Waals surface area contributed by atoms with E-state index in [0.717, 1.165) is 19.1 Å². The summed E-state index contributed by atoms with van der Waals surface area (Å²) in [7, 11) is -0.251. The van der Waals surface area contributed by atoms with E-state index in [1.807, 2.05) is 0 Å². The van der Waals surface area contributed by atoms with Crippen molar-refractivity contribution in [2.24, 2.45) is 0 Å². The Labute approximate surface area is 118 Å². The number of anilines is 1. The zero-order valence-corrected chi connectivity index (χ0v) is 12.4. The van der Waals surface area contributed by atoms with Crippen LogP contribution in [0.1, 0.15) is 23.2 Å². The lowest BCUT2D eigenvalue weighted by Gasteiger charge is -2.17. The molecule has 2 rings (SSSR count). The van der Waals surface area contributed by atoms with Crippen LogP contribution in [0, 0.1) is 0 Å². The van der Waals surface area contributed by atoms with Crippen molar-refractivity contribution in [2.45, 2.75) is 18.9 Å². The minimum Gasteiger partial charge on any atom is -0.487 e. The van der Waals surface area contributed by atoms with Crippen LogP contribution < -0.4 is 9.46 Å². The number of rotatable bonds is 5. The summed E-state index contributed by atoms with van der Waals surface area (Å²) in [5.74, 6) is -0.0445. The van der Waals surface area contributed by atoms with Crippen LogP contribution in [-0.4, -0.2) is 50.7 Å². The van der Waals surface area contributed by atoms with E-state index in [-0.39, 0.29) is 29.0 Å². The van der Waals surface area contributed by atoms with Gasteiger partial charge in [-0.25, -0.2) is 8.42 Å². The molecule has 1 aromatic heterocycles. The van der Waals surface area contributed by atoms with Crippen molar-refractivity contribution in [3.63, 3.8) is 0 Å². The average molecular weight is 299 g/mol. The first-order valence-corrected chi connectivity index (χ1v) is 8.01. The first-order valence-electron chi connectivity index (χ1n) is 6.12. The molecule has 1 fully saturated rings. The fourth-order valence-electron chi connectivity index (χ4n) is 1.59. The van der Waals surface area contributed by atoms with Crippen LogP contribution in [0.2, 0.25) is 0 Å². The molecular weight excluding hydrogens is 282 g/mol. The maximum Gasteiger partial charge on any atom is 0.258 e. The summed E-state index contributed by atoms with van der Waals surface area (Å²) in [6, 6.07) is 0. The molecule has 0 spiro atoms. The summed E-state index contributed by atoms with van der Waals surface area (Å²) in [5, 5.41) is 0. The molecule has 1 amide bonds. The summed E-state index contributed by atoms with van der Waals surface area (Å²) >= 11 is 0. The second-order valence-electron chi connectivity index (χ2n) is 4.95. The average Bonchev–Trinajstić information content (AvgIpc) is 3.12. The first kappa shape index (κ1) is 14.6. The van der Waals surface area contributed by atoms with Gasteiger partial charge < -0.3 is 9.64 Å². The molecule has 0 aliphatic heterocycles. The third-order valence-corrected chi connectivity index (χ3v) is 3.23. The number of pyridine rings is 1. The van der Waals surface area contributed by atoms with Gasteiger partial charge in [0.15, 0.2) is 5.75 Å². The summed E-state index contributed by atoms with van der Waals surface area (Å²) in [6.07, 6.45) is 5.59. The van der Waals surface area contributed by atoms with Gasteiger partial charge in [0.25, 0.3) is 5.91 Å². The van der Waals surface area contributed by atoms with Crippen LogP contribution >= 0.6 is 0 Å². The topological polar surface area (TPSA) is 88.6 Å². The van der Waals surface area contributed by atoms with Gasteiger partial charge in [-0.3, -0.25) is 14.5 Å². The van der Waals surface area contributed by atoms with Gasteiger partial charge in [0.05, 0.1) is 18.6 Å². The van der Waals surface area contributed by atoms with Crippen LogP contribution in [-0.2, 0) is 10.0 Å². The molecule has 0 aromatic carbocycles. The Morgan fingerprint density at radius 1 is 1.40 bits per heavy atom. The Morgan fingerprint density at radius 2 is 2.05 bits per heavy atom. The van der Waals surface area contributed by atoms with E-state index in [2.05, 4.69) is 9.71 Å². The molecule has 0 unspecified atom stereocenters. The zero-order chi connectivity index (χ0) is 14.9. The molecule has 0 radical (unpaired) electrons. The van der Waals surface area contributed by atoms with Gasteiger partial charge in [-0.2, -0.15) is 0 Å². The fourth-order valence-corrected chi connectivity index (χ4v) is 2.14. The molecule has 1 saturated carbocycles. The second kappa shape index (κ2) is 5.28. The summed E-state index contributed by atoms with van der Waals surface area (Å²) < 4.78 is 30.8. The SMILES string of the molecule is CN(C)C(=O)c1cncc(NS(C)(=O)=O)c1OC1CC1. The molecule has 110 valence electrons. The molecule has 1 aliphatic carbocycles. The van der Waals surface area contributed by atoms with Crippen LogP contribution in [0.3, 0.4) is 0 Å². The summed E-state index contributed by atoms with van der Waals surface area (Å²) in [6.45, 7) is 0. The van der Waals surface area contributed by atoms with Crippen molar-refractivity contribution in [1.29, 1.82) is 0 Å². The van der Waals surface area contributed by atoms with Gasteiger partial charge in [-0.15, -0.1) is 0 Å². The summed E-state index contributed by atoms with van der Waals surface area (Å²) in [5.41, 5.74) is 0.433. The second-order valence-corrected chi connectivity index (χ2v) is 6.70. The number of hydrogen-bond donors (Lipinski definition) is 1. The molecule has 1 aliphatic rings. The standard InChI is InChI=1S/C12H17N3O4S/c1-15(2)12(16)9-6-13-7-10(14-20(3,17)18)11(9)19-8-4-5-8/h6-8,14H,4-5H2,1-3H3. The Balaban J connectivity index is 2.44. The Kier molecular flexibility index (Phi) is 3.85. The van der Waals surface area contributed by atoms with E-state index in [0.29, 0.717) is 0 Å². The highest BCUT2D eigenvalue weighted by Crippen LogP contribution is 2.35. The van der Waals surface area contributed by atoms with Gasteiger partial charge in [-0.1, -0.05) is 0 Å². The highest BCUT2D eigenvalue weighted by molar-refractivity contribution is 7.92. The predicted octanol–water partition coefficient (Wildman–Crippen LogP) is 0.696. The van der Waals surface area contributed by atoms with Crippen molar-refractivity contribution in [2.75, 3.05) is 25.1 Å². The van der Waals surface area contributed by atoms with E-state index in [9.17, 15) is 13.2 Å². The number of hydrogen-bond acceptors (Lipinski definition) is 5. The third kappa shape index (κ3) is 3.60. The number of nitrogens with zero attached hydrogens (tertiary/aromatic N) is 2. The van der Waals surface area contributed by atoms with Crippen molar-refractivity contribution in [3.8, 4) is 5.75 Å². The number of sulfonamides is 1. The van der Waals surface area contributed by atoms with Crippen molar-refractivity contribution < 1.29 is 17.9 Å². The van der Waals surface area contributed by atoms with Gasteiger partial charge in [0, 0.05) is 20.3 Å². The maximum absolute atomic E-state index is 12.1. The largest absolute Gasteiger partial charge is 0.487 e. The highest BCUT2D eigenvalue weighted by Gasteiger charge is 2.28. The normalized spacial score (nSPS) is 14.8. The van der Waals surface area contributed by atoms with Crippen LogP contribution in [0.4, 0.5) is 5.69 Å². The smallest absolute Gasteiger partial charge is 0.258 e. The van der Waals surface area contributed by atoms with Gasteiger partial charge in [0.1, 0.15) is 11.3 Å². The van der Waals surface area contributed by atoms with Gasteiger partial charge in [0.2, 0.25) is 10.0 Å². The minimum atomic E-state index is -3.47. The number of amides is 1. The fraction of sp³-hybridized carbons (Fsp3) is 0.500. The molecular formula is C12H17N3O4S. The van der Waals surface area contributed by atoms with Crippen molar-refractivity contribution in [1.82, 2.24) is 9.88 Å². The van der Waals surface area contributed by atoms with Gasteiger partial charge in [-0.05, 0) is 12.8 Å². The molecule has 1 aromatic rings. The zero-order valence-electron chi connectivity index (χ0n) is 11.6. The minimum absolute atomic E-state index is 0.0335.